The Morgan fingerprint density at radius 2 is 1.62 bits per heavy atom. The molecule has 0 aliphatic heterocycles. The molecule has 0 fully saturated rings. The van der Waals surface area contributed by atoms with E-state index in [0.29, 0.717) is 18.2 Å². The van der Waals surface area contributed by atoms with E-state index in [1.807, 2.05) is 0 Å². The zero-order valence-electron chi connectivity index (χ0n) is 10.2. The number of nitrogens with two attached hydrogens (primary N) is 1. The van der Waals surface area contributed by atoms with E-state index < -0.39 is 43.9 Å². The standard InChI is InChI=1S/C12H8F4N2O2S/c13-6-1-2-10(8(14)3-6)18-21(19,20)11-5-7(17)4-9(15)12(11)16/h1-5,18H,17H2. The normalized spacial score (nSPS) is 11.4. The van der Waals surface area contributed by atoms with Gasteiger partial charge in [0.2, 0.25) is 0 Å². The summed E-state index contributed by atoms with van der Waals surface area (Å²) in [6.07, 6.45) is 0. The molecule has 0 atom stereocenters. The lowest BCUT2D eigenvalue weighted by Gasteiger charge is -2.10. The molecule has 9 heteroatoms. The highest BCUT2D eigenvalue weighted by molar-refractivity contribution is 7.92. The average Bonchev–Trinajstić information content (AvgIpc) is 2.37. The van der Waals surface area contributed by atoms with Crippen LogP contribution in [0.2, 0.25) is 0 Å². The smallest absolute Gasteiger partial charge is 0.265 e. The molecule has 2 rings (SSSR count). The molecule has 0 amide bonds. The first kappa shape index (κ1) is 15.1. The van der Waals surface area contributed by atoms with Gasteiger partial charge in [0, 0.05) is 11.8 Å². The molecule has 4 nitrogen and oxygen atoms in total. The Labute approximate surface area is 117 Å². The third kappa shape index (κ3) is 3.07. The van der Waals surface area contributed by atoms with Gasteiger partial charge in [0.05, 0.1) is 5.69 Å². The summed E-state index contributed by atoms with van der Waals surface area (Å²) >= 11 is 0. The van der Waals surface area contributed by atoms with Crippen molar-refractivity contribution in [2.45, 2.75) is 4.90 Å². The Kier molecular flexibility index (Phi) is 3.77. The molecule has 112 valence electrons. The summed E-state index contributed by atoms with van der Waals surface area (Å²) < 4.78 is 78.4. The SMILES string of the molecule is Nc1cc(F)c(F)c(S(=O)(=O)Nc2ccc(F)cc2F)c1. The van der Waals surface area contributed by atoms with Crippen LogP contribution < -0.4 is 10.5 Å². The third-order valence-corrected chi connectivity index (χ3v) is 3.85. The Balaban J connectivity index is 2.48. The largest absolute Gasteiger partial charge is 0.399 e. The maximum absolute atomic E-state index is 13.5. The molecule has 0 radical (unpaired) electrons. The number of hydrogen-bond acceptors (Lipinski definition) is 3. The predicted octanol–water partition coefficient (Wildman–Crippen LogP) is 2.63. The number of rotatable bonds is 3. The van der Waals surface area contributed by atoms with E-state index in [2.05, 4.69) is 0 Å². The van der Waals surface area contributed by atoms with Gasteiger partial charge in [-0.1, -0.05) is 0 Å². The zero-order valence-corrected chi connectivity index (χ0v) is 11.0. The van der Waals surface area contributed by atoms with Crippen LogP contribution in [0.25, 0.3) is 0 Å². The van der Waals surface area contributed by atoms with E-state index in [1.54, 1.807) is 4.72 Å². The Morgan fingerprint density at radius 3 is 2.24 bits per heavy atom. The molecule has 0 aromatic heterocycles. The van der Waals surface area contributed by atoms with Gasteiger partial charge in [-0.25, -0.2) is 26.0 Å². The first-order valence-electron chi connectivity index (χ1n) is 5.43. The highest BCUT2D eigenvalue weighted by Crippen LogP contribution is 2.24. The molecule has 3 N–H and O–H groups in total. The molecule has 0 aliphatic rings. The molecule has 0 unspecified atom stereocenters. The van der Waals surface area contributed by atoms with Crippen LogP contribution in [0, 0.1) is 23.3 Å². The zero-order chi connectivity index (χ0) is 15.8. The van der Waals surface area contributed by atoms with Gasteiger partial charge in [0.1, 0.15) is 16.5 Å². The highest BCUT2D eigenvalue weighted by atomic mass is 32.2. The summed E-state index contributed by atoms with van der Waals surface area (Å²) in [6.45, 7) is 0. The Morgan fingerprint density at radius 1 is 0.952 bits per heavy atom. The summed E-state index contributed by atoms with van der Waals surface area (Å²) in [6, 6.07) is 3.34. The van der Waals surface area contributed by atoms with Gasteiger partial charge >= 0.3 is 0 Å². The predicted molar refractivity (Wildman–Crippen MR) is 67.9 cm³/mol. The summed E-state index contributed by atoms with van der Waals surface area (Å²) in [4.78, 5) is -1.08. The quantitative estimate of drug-likeness (QED) is 0.674. The van der Waals surface area contributed by atoms with E-state index >= 15 is 0 Å². The van der Waals surface area contributed by atoms with Gasteiger partial charge in [-0.05, 0) is 24.3 Å². The summed E-state index contributed by atoms with van der Waals surface area (Å²) in [7, 11) is -4.63. The van der Waals surface area contributed by atoms with Crippen molar-refractivity contribution in [3.63, 3.8) is 0 Å². The van der Waals surface area contributed by atoms with E-state index in [0.717, 1.165) is 12.1 Å². The van der Waals surface area contributed by atoms with Crippen LogP contribution in [-0.4, -0.2) is 8.42 Å². The second-order valence-corrected chi connectivity index (χ2v) is 5.70. The molecule has 2 aromatic carbocycles. The minimum atomic E-state index is -4.63. The monoisotopic (exact) mass is 320 g/mol. The summed E-state index contributed by atoms with van der Waals surface area (Å²) in [5.74, 6) is -5.24. The maximum atomic E-state index is 13.5. The van der Waals surface area contributed by atoms with Crippen LogP contribution in [0.1, 0.15) is 0 Å². The van der Waals surface area contributed by atoms with Gasteiger partial charge in [-0.2, -0.15) is 0 Å². The highest BCUT2D eigenvalue weighted by Gasteiger charge is 2.24. The van der Waals surface area contributed by atoms with Crippen LogP contribution in [0.5, 0.6) is 0 Å². The fraction of sp³-hybridized carbons (Fsp3) is 0. The molecule has 2 aromatic rings. The van der Waals surface area contributed by atoms with Gasteiger partial charge in [-0.3, -0.25) is 4.72 Å². The van der Waals surface area contributed by atoms with E-state index in [1.165, 1.54) is 0 Å². The topological polar surface area (TPSA) is 72.2 Å². The lowest BCUT2D eigenvalue weighted by Crippen LogP contribution is -2.16. The minimum absolute atomic E-state index is 0.325. The fourth-order valence-electron chi connectivity index (χ4n) is 1.55. The van der Waals surface area contributed by atoms with Crippen LogP contribution in [0.15, 0.2) is 35.2 Å². The average molecular weight is 320 g/mol. The molecular formula is C12H8F4N2O2S. The second kappa shape index (κ2) is 5.24. The van der Waals surface area contributed by atoms with Crippen LogP contribution >= 0.6 is 0 Å². The summed E-state index contributed by atoms with van der Waals surface area (Å²) in [5, 5.41) is 0. The Bertz CT molecular complexity index is 809. The van der Waals surface area contributed by atoms with Crippen molar-refractivity contribution in [2.75, 3.05) is 10.5 Å². The van der Waals surface area contributed by atoms with Gasteiger partial charge < -0.3 is 5.73 Å². The van der Waals surface area contributed by atoms with Crippen molar-refractivity contribution >= 4 is 21.4 Å². The van der Waals surface area contributed by atoms with Crippen molar-refractivity contribution in [2.24, 2.45) is 0 Å². The fourth-order valence-corrected chi connectivity index (χ4v) is 2.74. The summed E-state index contributed by atoms with van der Waals surface area (Å²) in [5.41, 5.74) is 4.31. The lowest BCUT2D eigenvalue weighted by molar-refractivity contribution is 0.486. The van der Waals surface area contributed by atoms with Crippen LogP contribution in [-0.2, 0) is 10.0 Å². The third-order valence-electron chi connectivity index (χ3n) is 2.48. The number of benzene rings is 2. The van der Waals surface area contributed by atoms with Crippen LogP contribution in [0.4, 0.5) is 28.9 Å². The van der Waals surface area contributed by atoms with Crippen molar-refractivity contribution < 1.29 is 26.0 Å². The van der Waals surface area contributed by atoms with Gasteiger partial charge in [-0.15, -0.1) is 0 Å². The van der Waals surface area contributed by atoms with Crippen molar-refractivity contribution in [1.29, 1.82) is 0 Å². The van der Waals surface area contributed by atoms with Gasteiger partial charge in [0.25, 0.3) is 10.0 Å². The van der Waals surface area contributed by atoms with E-state index in [4.69, 9.17) is 5.73 Å². The number of anilines is 2. The Hall–Kier alpha value is -2.29. The molecule has 0 bridgehead atoms. The van der Waals surface area contributed by atoms with Crippen LogP contribution in [0.3, 0.4) is 0 Å². The second-order valence-electron chi connectivity index (χ2n) is 4.04. The van der Waals surface area contributed by atoms with Crippen molar-refractivity contribution in [3.8, 4) is 0 Å². The molecule has 0 saturated heterocycles. The molecular weight excluding hydrogens is 312 g/mol. The number of nitrogens with one attached hydrogen (secondary N) is 1. The van der Waals surface area contributed by atoms with Crippen molar-refractivity contribution in [3.05, 3.63) is 53.6 Å². The number of sulfonamides is 1. The van der Waals surface area contributed by atoms with E-state index in [-0.39, 0.29) is 5.69 Å². The first-order chi connectivity index (χ1) is 9.70. The molecule has 21 heavy (non-hydrogen) atoms. The van der Waals surface area contributed by atoms with Gasteiger partial charge in [0.15, 0.2) is 11.6 Å². The van der Waals surface area contributed by atoms with E-state index in [9.17, 15) is 26.0 Å². The first-order valence-corrected chi connectivity index (χ1v) is 6.91. The molecule has 0 saturated carbocycles. The molecule has 0 spiro atoms. The maximum Gasteiger partial charge on any atom is 0.265 e. The number of nitrogen functional groups attached to an aromatic ring is 1. The number of halogens is 4. The number of hydrogen-bond donors (Lipinski definition) is 2. The lowest BCUT2D eigenvalue weighted by atomic mass is 10.3. The molecule has 0 heterocycles. The molecule has 0 aliphatic carbocycles. The minimum Gasteiger partial charge on any atom is -0.399 e. The van der Waals surface area contributed by atoms with Crippen molar-refractivity contribution in [1.82, 2.24) is 0 Å².